The lowest BCUT2D eigenvalue weighted by molar-refractivity contribution is 0.102. The van der Waals surface area contributed by atoms with Gasteiger partial charge in [0.1, 0.15) is 5.69 Å². The molecule has 0 spiro atoms. The Morgan fingerprint density at radius 1 is 1.32 bits per heavy atom. The monoisotopic (exact) mass is 321 g/mol. The molecule has 2 aromatic rings. The SMILES string of the molecule is Cc1cc(C(=O)Nc2cccc(Br)c2)nc(NN)n1. The molecule has 0 saturated carbocycles. The van der Waals surface area contributed by atoms with E-state index < -0.39 is 0 Å². The second kappa shape index (κ2) is 5.77. The van der Waals surface area contributed by atoms with E-state index >= 15 is 0 Å². The summed E-state index contributed by atoms with van der Waals surface area (Å²) in [5.41, 5.74) is 3.91. The minimum atomic E-state index is -0.319. The Morgan fingerprint density at radius 3 is 2.79 bits per heavy atom. The van der Waals surface area contributed by atoms with Crippen LogP contribution in [0.4, 0.5) is 11.6 Å². The van der Waals surface area contributed by atoms with Crippen molar-refractivity contribution < 1.29 is 4.79 Å². The third kappa shape index (κ3) is 3.49. The summed E-state index contributed by atoms with van der Waals surface area (Å²) in [7, 11) is 0. The molecule has 0 aliphatic carbocycles. The maximum atomic E-state index is 12.1. The second-order valence-electron chi connectivity index (χ2n) is 3.83. The first kappa shape index (κ1) is 13.4. The molecule has 0 aliphatic rings. The highest BCUT2D eigenvalue weighted by Gasteiger charge is 2.10. The standard InChI is InChI=1S/C12H12BrN5O/c1-7-5-10(17-12(15-7)18-14)11(19)16-9-4-2-3-8(13)6-9/h2-6H,14H2,1H3,(H,16,19)(H,15,17,18). The number of nitrogens with zero attached hydrogens (tertiary/aromatic N) is 2. The minimum absolute atomic E-state index is 0.208. The Bertz CT molecular complexity index is 617. The van der Waals surface area contributed by atoms with Crippen LogP contribution in [0.25, 0.3) is 0 Å². The molecule has 0 bridgehead atoms. The third-order valence-electron chi connectivity index (χ3n) is 2.30. The molecule has 4 N–H and O–H groups in total. The van der Waals surface area contributed by atoms with Crippen LogP contribution in [-0.4, -0.2) is 15.9 Å². The average molecular weight is 322 g/mol. The van der Waals surface area contributed by atoms with Crippen LogP contribution in [0.5, 0.6) is 0 Å². The van der Waals surface area contributed by atoms with Crippen LogP contribution >= 0.6 is 15.9 Å². The zero-order chi connectivity index (χ0) is 13.8. The van der Waals surface area contributed by atoms with E-state index in [1.54, 1.807) is 25.1 Å². The highest BCUT2D eigenvalue weighted by molar-refractivity contribution is 9.10. The number of anilines is 2. The molecular weight excluding hydrogens is 310 g/mol. The molecule has 2 rings (SSSR count). The van der Waals surface area contributed by atoms with Crippen LogP contribution in [0.1, 0.15) is 16.2 Å². The van der Waals surface area contributed by atoms with Crippen molar-refractivity contribution in [2.75, 3.05) is 10.7 Å². The zero-order valence-electron chi connectivity index (χ0n) is 10.1. The summed E-state index contributed by atoms with van der Waals surface area (Å²) in [5, 5.41) is 2.75. The molecule has 98 valence electrons. The number of amides is 1. The topological polar surface area (TPSA) is 92.9 Å². The number of rotatable bonds is 3. The van der Waals surface area contributed by atoms with Crippen molar-refractivity contribution in [1.82, 2.24) is 9.97 Å². The van der Waals surface area contributed by atoms with Gasteiger partial charge in [0.25, 0.3) is 5.91 Å². The summed E-state index contributed by atoms with van der Waals surface area (Å²) in [4.78, 5) is 20.1. The second-order valence-corrected chi connectivity index (χ2v) is 4.74. The summed E-state index contributed by atoms with van der Waals surface area (Å²) in [6, 6.07) is 8.89. The molecule has 0 aliphatic heterocycles. The van der Waals surface area contributed by atoms with Crippen LogP contribution in [0.3, 0.4) is 0 Å². The molecule has 6 nitrogen and oxygen atoms in total. The van der Waals surface area contributed by atoms with Crippen molar-refractivity contribution >= 4 is 33.5 Å². The predicted molar refractivity (Wildman–Crippen MR) is 76.7 cm³/mol. The zero-order valence-corrected chi connectivity index (χ0v) is 11.7. The van der Waals surface area contributed by atoms with Gasteiger partial charge >= 0.3 is 0 Å². The van der Waals surface area contributed by atoms with Crippen LogP contribution in [0.15, 0.2) is 34.8 Å². The van der Waals surface area contributed by atoms with Gasteiger partial charge in [0, 0.05) is 15.9 Å². The van der Waals surface area contributed by atoms with Crippen LogP contribution in [-0.2, 0) is 0 Å². The quantitative estimate of drug-likeness (QED) is 0.594. The van der Waals surface area contributed by atoms with Gasteiger partial charge in [-0.1, -0.05) is 22.0 Å². The third-order valence-corrected chi connectivity index (χ3v) is 2.79. The van der Waals surface area contributed by atoms with Gasteiger partial charge in [-0.05, 0) is 31.2 Å². The van der Waals surface area contributed by atoms with Gasteiger partial charge in [-0.3, -0.25) is 10.2 Å². The van der Waals surface area contributed by atoms with E-state index in [9.17, 15) is 4.79 Å². The number of nitrogens with two attached hydrogens (primary N) is 1. The number of halogens is 1. The van der Waals surface area contributed by atoms with E-state index in [0.29, 0.717) is 11.4 Å². The minimum Gasteiger partial charge on any atom is -0.321 e. The van der Waals surface area contributed by atoms with E-state index in [2.05, 4.69) is 36.6 Å². The molecule has 19 heavy (non-hydrogen) atoms. The number of nitrogen functional groups attached to an aromatic ring is 1. The van der Waals surface area contributed by atoms with Crippen molar-refractivity contribution in [3.8, 4) is 0 Å². The Morgan fingerprint density at radius 2 is 2.11 bits per heavy atom. The number of hydrogen-bond acceptors (Lipinski definition) is 5. The molecule has 0 fully saturated rings. The number of aryl methyl sites for hydroxylation is 1. The van der Waals surface area contributed by atoms with Crippen LogP contribution in [0.2, 0.25) is 0 Å². The summed E-state index contributed by atoms with van der Waals surface area (Å²) >= 11 is 3.34. The molecule has 1 aromatic heterocycles. The molecule has 0 saturated heterocycles. The van der Waals surface area contributed by atoms with E-state index in [4.69, 9.17) is 5.84 Å². The van der Waals surface area contributed by atoms with Crippen LogP contribution < -0.4 is 16.6 Å². The van der Waals surface area contributed by atoms with Crippen molar-refractivity contribution in [2.45, 2.75) is 6.92 Å². The van der Waals surface area contributed by atoms with Crippen molar-refractivity contribution in [3.05, 3.63) is 46.2 Å². The number of carbonyl (C=O) groups is 1. The molecule has 0 atom stereocenters. The van der Waals surface area contributed by atoms with E-state index in [1.807, 2.05) is 12.1 Å². The number of aromatic nitrogens is 2. The first-order valence-corrected chi connectivity index (χ1v) is 6.27. The van der Waals surface area contributed by atoms with Gasteiger partial charge in [0.2, 0.25) is 5.95 Å². The maximum absolute atomic E-state index is 12.1. The fourth-order valence-electron chi connectivity index (χ4n) is 1.51. The molecule has 0 unspecified atom stereocenters. The molecule has 0 radical (unpaired) electrons. The largest absolute Gasteiger partial charge is 0.321 e. The Labute approximate surface area is 118 Å². The molecule has 1 amide bonds. The number of nitrogens with one attached hydrogen (secondary N) is 2. The fourth-order valence-corrected chi connectivity index (χ4v) is 1.91. The van der Waals surface area contributed by atoms with Gasteiger partial charge in [0.15, 0.2) is 0 Å². The van der Waals surface area contributed by atoms with Gasteiger partial charge in [-0.15, -0.1) is 0 Å². The van der Waals surface area contributed by atoms with Crippen LogP contribution in [0, 0.1) is 6.92 Å². The lowest BCUT2D eigenvalue weighted by Crippen LogP contribution is -2.18. The summed E-state index contributed by atoms with van der Waals surface area (Å²) < 4.78 is 0.883. The van der Waals surface area contributed by atoms with Crippen molar-refractivity contribution in [2.24, 2.45) is 5.84 Å². The van der Waals surface area contributed by atoms with E-state index in [-0.39, 0.29) is 17.5 Å². The molecule has 1 aromatic carbocycles. The first-order chi connectivity index (χ1) is 9.08. The first-order valence-electron chi connectivity index (χ1n) is 5.47. The van der Waals surface area contributed by atoms with Gasteiger partial charge in [-0.2, -0.15) is 0 Å². The number of carbonyl (C=O) groups excluding carboxylic acids is 1. The maximum Gasteiger partial charge on any atom is 0.274 e. The summed E-state index contributed by atoms with van der Waals surface area (Å²) in [6.45, 7) is 1.76. The van der Waals surface area contributed by atoms with E-state index in [0.717, 1.165) is 4.47 Å². The van der Waals surface area contributed by atoms with Gasteiger partial charge < -0.3 is 5.32 Å². The lowest BCUT2D eigenvalue weighted by atomic mass is 10.3. The Hall–Kier alpha value is -1.99. The normalized spacial score (nSPS) is 10.1. The lowest BCUT2D eigenvalue weighted by Gasteiger charge is -2.07. The van der Waals surface area contributed by atoms with Crippen molar-refractivity contribution in [1.29, 1.82) is 0 Å². The number of benzene rings is 1. The Balaban J connectivity index is 2.22. The number of hydrogen-bond donors (Lipinski definition) is 3. The smallest absolute Gasteiger partial charge is 0.274 e. The fraction of sp³-hybridized carbons (Fsp3) is 0.0833. The van der Waals surface area contributed by atoms with Gasteiger partial charge in [-0.25, -0.2) is 15.8 Å². The Kier molecular flexibility index (Phi) is 4.08. The van der Waals surface area contributed by atoms with Crippen molar-refractivity contribution in [3.63, 3.8) is 0 Å². The highest BCUT2D eigenvalue weighted by atomic mass is 79.9. The molecular formula is C12H12BrN5O. The van der Waals surface area contributed by atoms with E-state index in [1.165, 1.54) is 0 Å². The summed E-state index contributed by atoms with van der Waals surface area (Å²) in [5.74, 6) is 5.14. The van der Waals surface area contributed by atoms with Gasteiger partial charge in [0.05, 0.1) is 0 Å². The molecule has 7 heteroatoms. The highest BCUT2D eigenvalue weighted by Crippen LogP contribution is 2.16. The summed E-state index contributed by atoms with van der Waals surface area (Å²) in [6.07, 6.45) is 0. The molecule has 1 heterocycles. The number of hydrazine groups is 1. The predicted octanol–water partition coefficient (Wildman–Crippen LogP) is 2.09. The average Bonchev–Trinajstić information content (AvgIpc) is 2.38.